The molecule has 0 saturated carbocycles. The number of fused-ring (bicyclic) bond motifs is 1. The summed E-state index contributed by atoms with van der Waals surface area (Å²) in [6.45, 7) is 6.44. The Hall–Kier alpha value is -3.20. The predicted octanol–water partition coefficient (Wildman–Crippen LogP) is 3.49. The second kappa shape index (κ2) is 5.92. The SMILES string of the molecule is COc1ccccc1[C@H]1C2=C(COC2=O)Nc2c1c(C#N)cn2C(C)(C)C. The molecule has 6 heteroatoms. The fraction of sp³-hybridized carbons (Fsp3) is 0.333. The highest BCUT2D eigenvalue weighted by atomic mass is 16.5. The second-order valence-corrected chi connectivity index (χ2v) is 7.73. The largest absolute Gasteiger partial charge is 0.496 e. The van der Waals surface area contributed by atoms with E-state index in [0.717, 1.165) is 22.6 Å². The van der Waals surface area contributed by atoms with E-state index < -0.39 is 5.92 Å². The van der Waals surface area contributed by atoms with E-state index in [1.165, 1.54) is 0 Å². The summed E-state index contributed by atoms with van der Waals surface area (Å²) < 4.78 is 12.9. The average molecular weight is 363 g/mol. The highest BCUT2D eigenvalue weighted by Crippen LogP contribution is 2.49. The van der Waals surface area contributed by atoms with Crippen LogP contribution in [0, 0.1) is 11.3 Å². The summed E-state index contributed by atoms with van der Waals surface area (Å²) in [5.74, 6) is 0.730. The van der Waals surface area contributed by atoms with E-state index in [1.807, 2.05) is 30.5 Å². The lowest BCUT2D eigenvalue weighted by atomic mass is 9.81. The van der Waals surface area contributed by atoms with Crippen molar-refractivity contribution < 1.29 is 14.3 Å². The van der Waals surface area contributed by atoms with Crippen LogP contribution in [0.5, 0.6) is 5.75 Å². The van der Waals surface area contributed by atoms with Gasteiger partial charge in [-0.05, 0) is 26.8 Å². The Morgan fingerprint density at radius 3 is 2.74 bits per heavy atom. The number of anilines is 1. The zero-order valence-corrected chi connectivity index (χ0v) is 15.8. The third kappa shape index (κ3) is 2.50. The summed E-state index contributed by atoms with van der Waals surface area (Å²) in [4.78, 5) is 12.6. The Bertz CT molecular complexity index is 1020. The normalized spacial score (nSPS) is 18.3. The highest BCUT2D eigenvalue weighted by Gasteiger charge is 2.43. The summed E-state index contributed by atoms with van der Waals surface area (Å²) in [5.41, 5.74) is 3.23. The van der Waals surface area contributed by atoms with Gasteiger partial charge in [-0.1, -0.05) is 18.2 Å². The number of ether oxygens (including phenoxy) is 2. The minimum Gasteiger partial charge on any atom is -0.496 e. The number of nitrogens with one attached hydrogen (secondary N) is 1. The van der Waals surface area contributed by atoms with E-state index in [-0.39, 0.29) is 18.1 Å². The lowest BCUT2D eigenvalue weighted by molar-refractivity contribution is -0.136. The van der Waals surface area contributed by atoms with Crippen LogP contribution < -0.4 is 10.1 Å². The first kappa shape index (κ1) is 17.2. The minimum absolute atomic E-state index is 0.205. The Labute approximate surface area is 158 Å². The molecule has 1 aromatic carbocycles. The molecule has 3 heterocycles. The first-order chi connectivity index (χ1) is 12.9. The number of hydrogen-bond donors (Lipinski definition) is 1. The van der Waals surface area contributed by atoms with E-state index in [4.69, 9.17) is 9.47 Å². The number of nitrogens with zero attached hydrogens (tertiary/aromatic N) is 2. The van der Waals surface area contributed by atoms with Gasteiger partial charge in [0.1, 0.15) is 24.2 Å². The van der Waals surface area contributed by atoms with Crippen LogP contribution in [0.3, 0.4) is 0 Å². The molecule has 2 aliphatic heterocycles. The van der Waals surface area contributed by atoms with Crippen molar-refractivity contribution in [1.29, 1.82) is 5.26 Å². The number of methoxy groups -OCH3 is 1. The second-order valence-electron chi connectivity index (χ2n) is 7.73. The standard InChI is InChI=1S/C21H21N3O3/c1-21(2,3)24-10-12(9-22)16-17(13-7-5-6-8-15(13)26-4)18-14(23-19(16)24)11-27-20(18)25/h5-8,10,17,23H,11H2,1-4H3/t17-/m1/s1. The van der Waals surface area contributed by atoms with Crippen molar-refractivity contribution in [1.82, 2.24) is 4.57 Å². The lowest BCUT2D eigenvalue weighted by Crippen LogP contribution is -2.26. The maximum Gasteiger partial charge on any atom is 0.337 e. The Morgan fingerprint density at radius 1 is 1.33 bits per heavy atom. The van der Waals surface area contributed by atoms with Gasteiger partial charge in [0, 0.05) is 22.9 Å². The zero-order valence-electron chi connectivity index (χ0n) is 15.8. The van der Waals surface area contributed by atoms with Crippen molar-refractivity contribution in [2.24, 2.45) is 0 Å². The van der Waals surface area contributed by atoms with Gasteiger partial charge < -0.3 is 19.4 Å². The number of cyclic esters (lactones) is 1. The van der Waals surface area contributed by atoms with E-state index in [1.54, 1.807) is 7.11 Å². The van der Waals surface area contributed by atoms with Crippen LogP contribution in [0.4, 0.5) is 5.82 Å². The van der Waals surface area contributed by atoms with Crippen molar-refractivity contribution >= 4 is 11.8 Å². The van der Waals surface area contributed by atoms with Gasteiger partial charge in [-0.2, -0.15) is 5.26 Å². The third-order valence-corrected chi connectivity index (χ3v) is 5.08. The smallest absolute Gasteiger partial charge is 0.337 e. The topological polar surface area (TPSA) is 76.3 Å². The molecule has 0 spiro atoms. The number of para-hydroxylation sites is 1. The number of aromatic nitrogens is 1. The number of rotatable bonds is 2. The summed E-state index contributed by atoms with van der Waals surface area (Å²) in [7, 11) is 1.61. The maximum absolute atomic E-state index is 12.6. The predicted molar refractivity (Wildman–Crippen MR) is 101 cm³/mol. The van der Waals surface area contributed by atoms with Gasteiger partial charge in [0.25, 0.3) is 0 Å². The molecule has 138 valence electrons. The van der Waals surface area contributed by atoms with Crippen LogP contribution in [0.25, 0.3) is 0 Å². The Morgan fingerprint density at radius 2 is 2.07 bits per heavy atom. The molecule has 1 aromatic heterocycles. The summed E-state index contributed by atoms with van der Waals surface area (Å²) in [6.07, 6.45) is 1.85. The molecule has 27 heavy (non-hydrogen) atoms. The number of carbonyl (C=O) groups excluding carboxylic acids is 1. The van der Waals surface area contributed by atoms with Gasteiger partial charge >= 0.3 is 5.97 Å². The molecule has 0 radical (unpaired) electrons. The molecule has 6 nitrogen and oxygen atoms in total. The molecular weight excluding hydrogens is 342 g/mol. The molecule has 1 atom stereocenters. The van der Waals surface area contributed by atoms with Crippen molar-refractivity contribution in [2.75, 3.05) is 19.0 Å². The molecule has 1 N–H and O–H groups in total. The fourth-order valence-electron chi connectivity index (χ4n) is 3.87. The Kier molecular flexibility index (Phi) is 3.77. The monoisotopic (exact) mass is 363 g/mol. The summed E-state index contributed by atoms with van der Waals surface area (Å²) in [5, 5.41) is 13.2. The molecular formula is C21H21N3O3. The number of benzene rings is 1. The summed E-state index contributed by atoms with van der Waals surface area (Å²) in [6, 6.07) is 9.90. The highest BCUT2D eigenvalue weighted by molar-refractivity contribution is 5.97. The lowest BCUT2D eigenvalue weighted by Gasteiger charge is -2.30. The van der Waals surface area contributed by atoms with Crippen LogP contribution in [0.15, 0.2) is 41.7 Å². The average Bonchev–Trinajstić information content (AvgIpc) is 3.20. The zero-order chi connectivity index (χ0) is 19.3. The molecule has 0 aliphatic carbocycles. The van der Waals surface area contributed by atoms with E-state index in [9.17, 15) is 10.1 Å². The van der Waals surface area contributed by atoms with Gasteiger partial charge in [-0.25, -0.2) is 4.79 Å². The van der Waals surface area contributed by atoms with Crippen LogP contribution in [-0.2, 0) is 15.1 Å². The van der Waals surface area contributed by atoms with Crippen molar-refractivity contribution in [3.63, 3.8) is 0 Å². The number of nitriles is 1. The number of esters is 1. The number of carbonyl (C=O) groups is 1. The fourth-order valence-corrected chi connectivity index (χ4v) is 3.87. The van der Waals surface area contributed by atoms with E-state index in [2.05, 4.69) is 36.7 Å². The van der Waals surface area contributed by atoms with Gasteiger partial charge in [0.2, 0.25) is 0 Å². The first-order valence-corrected chi connectivity index (χ1v) is 8.82. The van der Waals surface area contributed by atoms with Crippen LogP contribution >= 0.6 is 0 Å². The van der Waals surface area contributed by atoms with E-state index >= 15 is 0 Å². The van der Waals surface area contributed by atoms with Gasteiger partial charge in [-0.3, -0.25) is 0 Å². The van der Waals surface area contributed by atoms with Crippen LogP contribution in [-0.4, -0.2) is 24.3 Å². The maximum atomic E-state index is 12.6. The molecule has 0 amide bonds. The van der Waals surface area contributed by atoms with Gasteiger partial charge in [0.15, 0.2) is 0 Å². The first-order valence-electron chi connectivity index (χ1n) is 8.82. The molecule has 0 saturated heterocycles. The molecule has 2 aromatic rings. The molecule has 0 unspecified atom stereocenters. The molecule has 4 rings (SSSR count). The molecule has 0 fully saturated rings. The van der Waals surface area contributed by atoms with E-state index in [0.29, 0.717) is 16.9 Å². The molecule has 2 aliphatic rings. The van der Waals surface area contributed by atoms with Gasteiger partial charge in [0.05, 0.1) is 29.9 Å². The van der Waals surface area contributed by atoms with Gasteiger partial charge in [-0.15, -0.1) is 0 Å². The minimum atomic E-state index is -0.416. The molecule has 0 bridgehead atoms. The summed E-state index contributed by atoms with van der Waals surface area (Å²) >= 11 is 0. The Balaban J connectivity index is 2.05. The quantitative estimate of drug-likeness (QED) is 0.827. The van der Waals surface area contributed by atoms with Crippen molar-refractivity contribution in [2.45, 2.75) is 32.2 Å². The van der Waals surface area contributed by atoms with Crippen molar-refractivity contribution in [3.05, 3.63) is 58.4 Å². The third-order valence-electron chi connectivity index (χ3n) is 5.08. The van der Waals surface area contributed by atoms with Crippen molar-refractivity contribution in [3.8, 4) is 11.8 Å². The van der Waals surface area contributed by atoms with Crippen LogP contribution in [0.2, 0.25) is 0 Å². The number of hydrogen-bond acceptors (Lipinski definition) is 5. The van der Waals surface area contributed by atoms with Crippen LogP contribution in [0.1, 0.15) is 43.4 Å².